The van der Waals surface area contributed by atoms with Crippen LogP contribution in [0.2, 0.25) is 0 Å². The van der Waals surface area contributed by atoms with E-state index >= 15 is 0 Å². The molecule has 1 amide bonds. The highest BCUT2D eigenvalue weighted by Crippen LogP contribution is 2.27. The lowest BCUT2D eigenvalue weighted by Crippen LogP contribution is -2.46. The van der Waals surface area contributed by atoms with Crippen molar-refractivity contribution in [3.05, 3.63) is 24.3 Å². The van der Waals surface area contributed by atoms with Gasteiger partial charge in [-0.3, -0.25) is 9.69 Å². The molecule has 6 heteroatoms. The second-order valence-electron chi connectivity index (χ2n) is 5.31. The van der Waals surface area contributed by atoms with E-state index in [1.807, 2.05) is 38.1 Å². The van der Waals surface area contributed by atoms with E-state index in [-0.39, 0.29) is 24.2 Å². The number of amides is 1. The SMILES string of the molecule is CC(C)[C@H](N)C(=O)N1CCn2c1nc1ccccc12.Cl. The van der Waals surface area contributed by atoms with Gasteiger partial charge in [-0.25, -0.2) is 4.98 Å². The molecule has 1 aliphatic heterocycles. The number of hydrogen-bond acceptors (Lipinski definition) is 3. The van der Waals surface area contributed by atoms with E-state index in [1.54, 1.807) is 4.90 Å². The van der Waals surface area contributed by atoms with Crippen molar-refractivity contribution in [2.75, 3.05) is 11.4 Å². The van der Waals surface area contributed by atoms with Crippen LogP contribution >= 0.6 is 12.4 Å². The van der Waals surface area contributed by atoms with Gasteiger partial charge in [-0.2, -0.15) is 0 Å². The fourth-order valence-corrected chi connectivity index (χ4v) is 2.46. The molecule has 5 nitrogen and oxygen atoms in total. The van der Waals surface area contributed by atoms with Crippen LogP contribution in [-0.2, 0) is 11.3 Å². The molecule has 0 spiro atoms. The van der Waals surface area contributed by atoms with Crippen molar-refractivity contribution in [2.24, 2.45) is 11.7 Å². The zero-order chi connectivity index (χ0) is 13.6. The molecular weight excluding hydrogens is 276 g/mol. The number of para-hydroxylation sites is 2. The summed E-state index contributed by atoms with van der Waals surface area (Å²) >= 11 is 0. The number of fused-ring (bicyclic) bond motifs is 3. The van der Waals surface area contributed by atoms with Crippen LogP contribution in [0.15, 0.2) is 24.3 Å². The third-order valence-corrected chi connectivity index (χ3v) is 3.69. The Hall–Kier alpha value is -1.59. The van der Waals surface area contributed by atoms with Crippen molar-refractivity contribution in [3.8, 4) is 0 Å². The van der Waals surface area contributed by atoms with Crippen molar-refractivity contribution >= 4 is 35.3 Å². The second kappa shape index (κ2) is 5.42. The highest BCUT2D eigenvalue weighted by atomic mass is 35.5. The predicted octanol–water partition coefficient (Wildman–Crippen LogP) is 1.79. The maximum atomic E-state index is 12.4. The first-order valence-electron chi connectivity index (χ1n) is 6.62. The standard InChI is InChI=1S/C14H18N4O.ClH/c1-9(2)12(15)13(19)18-8-7-17-11-6-4-3-5-10(11)16-14(17)18;/h3-6,9,12H,7-8,15H2,1-2H3;1H/t12-;/m0./s1. The van der Waals surface area contributed by atoms with Crippen molar-refractivity contribution in [2.45, 2.75) is 26.4 Å². The van der Waals surface area contributed by atoms with Gasteiger partial charge in [0.15, 0.2) is 0 Å². The zero-order valence-corrected chi connectivity index (χ0v) is 12.4. The summed E-state index contributed by atoms with van der Waals surface area (Å²) in [6.45, 7) is 5.36. The van der Waals surface area contributed by atoms with Crippen molar-refractivity contribution in [1.82, 2.24) is 9.55 Å². The largest absolute Gasteiger partial charge is 0.320 e. The molecule has 0 saturated heterocycles. The summed E-state index contributed by atoms with van der Waals surface area (Å²) in [6, 6.07) is 7.47. The lowest BCUT2D eigenvalue weighted by Gasteiger charge is -2.21. The molecule has 0 radical (unpaired) electrons. The van der Waals surface area contributed by atoms with Crippen LogP contribution in [0.4, 0.5) is 5.95 Å². The van der Waals surface area contributed by atoms with Gasteiger partial charge in [0.25, 0.3) is 0 Å². The maximum Gasteiger partial charge on any atom is 0.246 e. The van der Waals surface area contributed by atoms with E-state index in [1.165, 1.54) is 0 Å². The Morgan fingerprint density at radius 1 is 1.30 bits per heavy atom. The highest BCUT2D eigenvalue weighted by Gasteiger charge is 2.32. The number of aromatic nitrogens is 2. The summed E-state index contributed by atoms with van der Waals surface area (Å²) in [5.41, 5.74) is 7.96. The number of carbonyl (C=O) groups is 1. The molecule has 2 aromatic rings. The summed E-state index contributed by atoms with van der Waals surface area (Å²) < 4.78 is 2.08. The fraction of sp³-hybridized carbons (Fsp3) is 0.429. The number of anilines is 1. The van der Waals surface area contributed by atoms with Crippen molar-refractivity contribution < 1.29 is 4.79 Å². The van der Waals surface area contributed by atoms with Gasteiger partial charge in [0.1, 0.15) is 0 Å². The van der Waals surface area contributed by atoms with Gasteiger partial charge in [0.2, 0.25) is 11.9 Å². The maximum absolute atomic E-state index is 12.4. The molecule has 3 rings (SSSR count). The summed E-state index contributed by atoms with van der Waals surface area (Å²) in [4.78, 5) is 18.6. The first-order valence-corrected chi connectivity index (χ1v) is 6.62. The Kier molecular flexibility index (Phi) is 4.01. The number of nitrogens with two attached hydrogens (primary N) is 1. The number of imidazole rings is 1. The molecule has 0 aliphatic carbocycles. The average molecular weight is 295 g/mol. The van der Waals surface area contributed by atoms with Gasteiger partial charge >= 0.3 is 0 Å². The Morgan fingerprint density at radius 2 is 2.00 bits per heavy atom. The van der Waals surface area contributed by atoms with Crippen LogP contribution in [0.25, 0.3) is 11.0 Å². The molecule has 0 fully saturated rings. The summed E-state index contributed by atoms with van der Waals surface area (Å²) in [7, 11) is 0. The molecule has 0 saturated carbocycles. The fourth-order valence-electron chi connectivity index (χ4n) is 2.46. The summed E-state index contributed by atoms with van der Waals surface area (Å²) in [5.74, 6) is 0.817. The molecule has 0 bridgehead atoms. The van der Waals surface area contributed by atoms with Gasteiger partial charge < -0.3 is 10.3 Å². The molecule has 1 atom stereocenters. The third kappa shape index (κ3) is 2.17. The van der Waals surface area contributed by atoms with Crippen LogP contribution in [0.3, 0.4) is 0 Å². The summed E-state index contributed by atoms with van der Waals surface area (Å²) in [6.07, 6.45) is 0. The van der Waals surface area contributed by atoms with Gasteiger partial charge in [0.05, 0.1) is 17.1 Å². The lowest BCUT2D eigenvalue weighted by molar-refractivity contribution is -0.120. The quantitative estimate of drug-likeness (QED) is 0.918. The number of nitrogens with zero attached hydrogens (tertiary/aromatic N) is 3. The monoisotopic (exact) mass is 294 g/mol. The molecule has 20 heavy (non-hydrogen) atoms. The highest BCUT2D eigenvalue weighted by molar-refractivity contribution is 5.98. The minimum atomic E-state index is -0.466. The number of carbonyl (C=O) groups excluding carboxylic acids is 1. The number of benzene rings is 1. The number of hydrogen-bond donors (Lipinski definition) is 1. The van der Waals surface area contributed by atoms with Gasteiger partial charge in [-0.05, 0) is 18.1 Å². The van der Waals surface area contributed by atoms with E-state index in [4.69, 9.17) is 5.73 Å². The van der Waals surface area contributed by atoms with E-state index in [0.717, 1.165) is 23.5 Å². The molecule has 1 aliphatic rings. The zero-order valence-electron chi connectivity index (χ0n) is 11.6. The van der Waals surface area contributed by atoms with Crippen molar-refractivity contribution in [1.29, 1.82) is 0 Å². The van der Waals surface area contributed by atoms with Gasteiger partial charge in [-0.1, -0.05) is 26.0 Å². The molecule has 0 unspecified atom stereocenters. The minimum absolute atomic E-state index is 0. The first kappa shape index (κ1) is 14.8. The third-order valence-electron chi connectivity index (χ3n) is 3.69. The van der Waals surface area contributed by atoms with Crippen LogP contribution < -0.4 is 10.6 Å². The molecule has 108 valence electrons. The molecular formula is C14H19ClN4O. The second-order valence-corrected chi connectivity index (χ2v) is 5.31. The van der Waals surface area contributed by atoms with E-state index in [2.05, 4.69) is 9.55 Å². The minimum Gasteiger partial charge on any atom is -0.320 e. The number of rotatable bonds is 2. The smallest absolute Gasteiger partial charge is 0.246 e. The van der Waals surface area contributed by atoms with E-state index in [9.17, 15) is 4.79 Å². The summed E-state index contributed by atoms with van der Waals surface area (Å²) in [5, 5.41) is 0. The molecule has 1 aromatic heterocycles. The van der Waals surface area contributed by atoms with E-state index in [0.29, 0.717) is 6.54 Å². The van der Waals surface area contributed by atoms with E-state index < -0.39 is 6.04 Å². The first-order chi connectivity index (χ1) is 9.09. The molecule has 2 N–H and O–H groups in total. The normalized spacial score (nSPS) is 15.3. The Morgan fingerprint density at radius 3 is 2.70 bits per heavy atom. The van der Waals surface area contributed by atoms with Crippen LogP contribution in [0, 0.1) is 5.92 Å². The molecule has 1 aromatic carbocycles. The van der Waals surface area contributed by atoms with Gasteiger partial charge in [-0.15, -0.1) is 12.4 Å². The Labute approximate surface area is 124 Å². The lowest BCUT2D eigenvalue weighted by atomic mass is 10.0. The number of halogens is 1. The Bertz CT molecular complexity index is 637. The van der Waals surface area contributed by atoms with Gasteiger partial charge in [0, 0.05) is 13.1 Å². The molecule has 2 heterocycles. The van der Waals surface area contributed by atoms with Crippen LogP contribution in [0.1, 0.15) is 13.8 Å². The topological polar surface area (TPSA) is 64.2 Å². The van der Waals surface area contributed by atoms with Crippen LogP contribution in [0.5, 0.6) is 0 Å². The Balaban J connectivity index is 0.00000147. The average Bonchev–Trinajstić information content (AvgIpc) is 2.95. The predicted molar refractivity (Wildman–Crippen MR) is 82.1 cm³/mol. The van der Waals surface area contributed by atoms with Crippen LogP contribution in [-0.4, -0.2) is 28.0 Å². The van der Waals surface area contributed by atoms with Crippen molar-refractivity contribution in [3.63, 3.8) is 0 Å².